The SMILES string of the molecule is CC(=O)NC(=O)N1C(=O)Cc2cc(F)ccc21. The Balaban J connectivity index is 2.35. The third-order valence-corrected chi connectivity index (χ3v) is 2.36. The second kappa shape index (κ2) is 3.97. The van der Waals surface area contributed by atoms with Gasteiger partial charge in [-0.3, -0.25) is 14.9 Å². The van der Waals surface area contributed by atoms with E-state index in [1.165, 1.54) is 19.1 Å². The Kier molecular flexibility index (Phi) is 2.63. The molecule has 1 aromatic rings. The van der Waals surface area contributed by atoms with Crippen LogP contribution in [0, 0.1) is 5.82 Å². The predicted molar refractivity (Wildman–Crippen MR) is 56.8 cm³/mol. The van der Waals surface area contributed by atoms with Crippen molar-refractivity contribution >= 4 is 23.5 Å². The van der Waals surface area contributed by atoms with Crippen LogP contribution in [0.3, 0.4) is 0 Å². The quantitative estimate of drug-likeness (QED) is 0.729. The summed E-state index contributed by atoms with van der Waals surface area (Å²) in [5, 5.41) is 2.00. The van der Waals surface area contributed by atoms with E-state index >= 15 is 0 Å². The van der Waals surface area contributed by atoms with E-state index in [0.29, 0.717) is 11.3 Å². The van der Waals surface area contributed by atoms with Crippen LogP contribution in [-0.2, 0) is 16.0 Å². The van der Waals surface area contributed by atoms with Gasteiger partial charge in [-0.2, -0.15) is 0 Å². The van der Waals surface area contributed by atoms with Crippen LogP contribution in [0.25, 0.3) is 0 Å². The lowest BCUT2D eigenvalue weighted by Gasteiger charge is -2.14. The summed E-state index contributed by atoms with van der Waals surface area (Å²) in [6, 6.07) is 2.89. The minimum Gasteiger partial charge on any atom is -0.278 e. The molecule has 1 aliphatic rings. The highest BCUT2D eigenvalue weighted by molar-refractivity contribution is 6.21. The van der Waals surface area contributed by atoms with E-state index in [-0.39, 0.29) is 6.42 Å². The summed E-state index contributed by atoms with van der Waals surface area (Å²) >= 11 is 0. The van der Waals surface area contributed by atoms with Crippen molar-refractivity contribution in [3.05, 3.63) is 29.6 Å². The van der Waals surface area contributed by atoms with E-state index in [1.54, 1.807) is 0 Å². The van der Waals surface area contributed by atoms with Gasteiger partial charge in [0.2, 0.25) is 11.8 Å². The zero-order valence-corrected chi connectivity index (χ0v) is 8.99. The third-order valence-electron chi connectivity index (χ3n) is 2.36. The van der Waals surface area contributed by atoms with E-state index < -0.39 is 23.7 Å². The van der Waals surface area contributed by atoms with Crippen molar-refractivity contribution in [1.29, 1.82) is 0 Å². The topological polar surface area (TPSA) is 66.5 Å². The molecule has 0 aliphatic carbocycles. The number of nitrogens with zero attached hydrogens (tertiary/aromatic N) is 1. The largest absolute Gasteiger partial charge is 0.335 e. The van der Waals surface area contributed by atoms with Gasteiger partial charge in [-0.05, 0) is 23.8 Å². The number of nitrogens with one attached hydrogen (secondary N) is 1. The molecule has 17 heavy (non-hydrogen) atoms. The molecule has 6 heteroatoms. The zero-order chi connectivity index (χ0) is 12.6. The second-order valence-electron chi connectivity index (χ2n) is 3.67. The van der Waals surface area contributed by atoms with Crippen LogP contribution in [0.15, 0.2) is 18.2 Å². The Labute approximate surface area is 96.2 Å². The summed E-state index contributed by atoms with van der Waals surface area (Å²) in [7, 11) is 0. The van der Waals surface area contributed by atoms with Gasteiger partial charge in [0.05, 0.1) is 12.1 Å². The first-order chi connectivity index (χ1) is 7.99. The molecular weight excluding hydrogens is 227 g/mol. The fraction of sp³-hybridized carbons (Fsp3) is 0.182. The number of carbonyl (C=O) groups excluding carboxylic acids is 3. The van der Waals surface area contributed by atoms with E-state index in [2.05, 4.69) is 0 Å². The average molecular weight is 236 g/mol. The number of carbonyl (C=O) groups is 3. The fourth-order valence-electron chi connectivity index (χ4n) is 1.72. The molecule has 5 nitrogen and oxygen atoms in total. The van der Waals surface area contributed by atoms with Crippen molar-refractivity contribution in [2.45, 2.75) is 13.3 Å². The number of amides is 4. The van der Waals surface area contributed by atoms with E-state index in [9.17, 15) is 18.8 Å². The number of imide groups is 2. The standard InChI is InChI=1S/C11H9FN2O3/c1-6(15)13-11(17)14-9-3-2-8(12)4-7(9)5-10(14)16/h2-4H,5H2,1H3,(H,13,15,17). The summed E-state index contributed by atoms with van der Waals surface area (Å²) in [6.07, 6.45) is -0.0432. The number of rotatable bonds is 0. The molecule has 4 amide bonds. The van der Waals surface area contributed by atoms with Gasteiger partial charge < -0.3 is 0 Å². The maximum Gasteiger partial charge on any atom is 0.335 e. The molecule has 88 valence electrons. The van der Waals surface area contributed by atoms with Gasteiger partial charge in [-0.15, -0.1) is 0 Å². The van der Waals surface area contributed by atoms with Gasteiger partial charge >= 0.3 is 6.03 Å². The number of hydrogen-bond acceptors (Lipinski definition) is 3. The van der Waals surface area contributed by atoms with Gasteiger partial charge in [0.25, 0.3) is 0 Å². The molecule has 0 spiro atoms. The van der Waals surface area contributed by atoms with Crippen LogP contribution in [0.5, 0.6) is 0 Å². The van der Waals surface area contributed by atoms with Crippen LogP contribution in [0.2, 0.25) is 0 Å². The van der Waals surface area contributed by atoms with Crippen LogP contribution in [-0.4, -0.2) is 17.8 Å². The normalized spacial score (nSPS) is 13.5. The van der Waals surface area contributed by atoms with Crippen molar-refractivity contribution in [2.75, 3.05) is 4.90 Å². The number of anilines is 1. The summed E-state index contributed by atoms with van der Waals surface area (Å²) in [5.41, 5.74) is 0.754. The maximum absolute atomic E-state index is 12.9. The van der Waals surface area contributed by atoms with E-state index in [1.807, 2.05) is 5.32 Å². The third kappa shape index (κ3) is 2.01. The molecule has 0 unspecified atom stereocenters. The second-order valence-corrected chi connectivity index (χ2v) is 3.67. The van der Waals surface area contributed by atoms with Crippen molar-refractivity contribution in [3.63, 3.8) is 0 Å². The highest BCUT2D eigenvalue weighted by Crippen LogP contribution is 2.29. The highest BCUT2D eigenvalue weighted by Gasteiger charge is 2.32. The van der Waals surface area contributed by atoms with Crippen LogP contribution >= 0.6 is 0 Å². The molecule has 0 saturated heterocycles. The monoisotopic (exact) mass is 236 g/mol. The molecule has 0 fully saturated rings. The molecule has 0 saturated carbocycles. The molecule has 1 aromatic carbocycles. The molecular formula is C11H9FN2O3. The predicted octanol–water partition coefficient (Wildman–Crippen LogP) is 0.971. The lowest BCUT2D eigenvalue weighted by Crippen LogP contribution is -2.43. The number of hydrogen-bond donors (Lipinski definition) is 1. The van der Waals surface area contributed by atoms with Crippen LogP contribution in [0.1, 0.15) is 12.5 Å². The summed E-state index contributed by atoms with van der Waals surface area (Å²) < 4.78 is 12.9. The number of halogens is 1. The average Bonchev–Trinajstić information content (AvgIpc) is 2.51. The van der Waals surface area contributed by atoms with Crippen molar-refractivity contribution in [2.24, 2.45) is 0 Å². The Morgan fingerprint density at radius 2 is 2.12 bits per heavy atom. The first-order valence-electron chi connectivity index (χ1n) is 4.92. The van der Waals surface area contributed by atoms with Gasteiger partial charge in [-0.1, -0.05) is 0 Å². The van der Waals surface area contributed by atoms with Crippen LogP contribution in [0.4, 0.5) is 14.9 Å². The smallest absolute Gasteiger partial charge is 0.278 e. The summed E-state index contributed by atoms with van der Waals surface area (Å²) in [6.45, 7) is 1.17. The van der Waals surface area contributed by atoms with Gasteiger partial charge in [0.1, 0.15) is 5.82 Å². The Morgan fingerprint density at radius 3 is 2.76 bits per heavy atom. The molecule has 1 N–H and O–H groups in total. The number of benzene rings is 1. The minimum atomic E-state index is -0.812. The van der Waals surface area contributed by atoms with Crippen molar-refractivity contribution in [3.8, 4) is 0 Å². The van der Waals surface area contributed by atoms with Crippen molar-refractivity contribution < 1.29 is 18.8 Å². The minimum absolute atomic E-state index is 0.0432. The maximum atomic E-state index is 12.9. The number of urea groups is 1. The van der Waals surface area contributed by atoms with Gasteiger partial charge in [0, 0.05) is 6.92 Å². The Bertz CT molecular complexity index is 527. The molecule has 0 bridgehead atoms. The molecule has 0 atom stereocenters. The summed E-state index contributed by atoms with van der Waals surface area (Å²) in [4.78, 5) is 34.8. The van der Waals surface area contributed by atoms with Crippen molar-refractivity contribution in [1.82, 2.24) is 5.32 Å². The first-order valence-corrected chi connectivity index (χ1v) is 4.92. The highest BCUT2D eigenvalue weighted by atomic mass is 19.1. The Hall–Kier alpha value is -2.24. The lowest BCUT2D eigenvalue weighted by atomic mass is 10.1. The molecule has 0 radical (unpaired) electrons. The Morgan fingerprint density at radius 1 is 1.41 bits per heavy atom. The first kappa shape index (κ1) is 11.3. The number of fused-ring (bicyclic) bond motifs is 1. The molecule has 1 aliphatic heterocycles. The molecule has 0 aromatic heterocycles. The van der Waals surface area contributed by atoms with Crippen LogP contribution < -0.4 is 10.2 Å². The lowest BCUT2D eigenvalue weighted by molar-refractivity contribution is -0.117. The zero-order valence-electron chi connectivity index (χ0n) is 8.99. The summed E-state index contributed by atoms with van der Waals surface area (Å²) in [5.74, 6) is -1.51. The van der Waals surface area contributed by atoms with E-state index in [4.69, 9.17) is 0 Å². The van der Waals surface area contributed by atoms with Gasteiger partial charge in [0.15, 0.2) is 0 Å². The fourth-order valence-corrected chi connectivity index (χ4v) is 1.72. The van der Waals surface area contributed by atoms with E-state index in [0.717, 1.165) is 11.0 Å². The molecule has 2 rings (SSSR count). The molecule has 1 heterocycles. The van der Waals surface area contributed by atoms with Gasteiger partial charge in [-0.25, -0.2) is 14.1 Å².